The molecule has 0 fully saturated rings. The number of carbonyl (C=O) groups excluding carboxylic acids is 2. The first kappa shape index (κ1) is 10.8. The molecule has 0 radical (unpaired) electrons. The first-order chi connectivity index (χ1) is 7.67. The van der Waals surface area contributed by atoms with E-state index in [4.69, 9.17) is 0 Å². The Morgan fingerprint density at radius 2 is 2.00 bits per heavy atom. The fourth-order valence-corrected chi connectivity index (χ4v) is 2.56. The summed E-state index contributed by atoms with van der Waals surface area (Å²) in [4.78, 5) is 25.8. The summed E-state index contributed by atoms with van der Waals surface area (Å²) >= 11 is 1.56. The van der Waals surface area contributed by atoms with Gasteiger partial charge in [-0.3, -0.25) is 9.59 Å². The van der Waals surface area contributed by atoms with Gasteiger partial charge in [-0.25, -0.2) is 0 Å². The lowest BCUT2D eigenvalue weighted by Gasteiger charge is -1.94. The minimum absolute atomic E-state index is 0.475. The highest BCUT2D eigenvalue weighted by molar-refractivity contribution is 7.13. The van der Waals surface area contributed by atoms with Crippen molar-refractivity contribution in [1.29, 1.82) is 0 Å². The molecule has 1 N–H and O–H groups in total. The molecule has 0 saturated heterocycles. The van der Waals surface area contributed by atoms with Crippen LogP contribution in [0.1, 0.15) is 32.0 Å². The molecule has 0 aliphatic carbocycles. The van der Waals surface area contributed by atoms with Gasteiger partial charge in [0.15, 0.2) is 12.6 Å². The second kappa shape index (κ2) is 4.06. The summed E-state index contributed by atoms with van der Waals surface area (Å²) in [7, 11) is 0. The predicted octanol–water partition coefficient (Wildman–Crippen LogP) is 2.99. The molecule has 82 valence electrons. The smallest absolute Gasteiger partial charge is 0.166 e. The number of aryl methyl sites for hydroxylation is 1. The molecule has 0 atom stereocenters. The standard InChI is InChI=1S/C12H11NO2S/c1-7-3-11(16-6-7)12-9(4-14)8(2)10(5-15)13-12/h3-6,13H,1-2H3. The van der Waals surface area contributed by atoms with Gasteiger partial charge < -0.3 is 4.98 Å². The van der Waals surface area contributed by atoms with Crippen molar-refractivity contribution in [3.63, 3.8) is 0 Å². The lowest BCUT2D eigenvalue weighted by atomic mass is 10.1. The molecule has 0 aliphatic rings. The average molecular weight is 233 g/mol. The van der Waals surface area contributed by atoms with Crippen LogP contribution in [-0.4, -0.2) is 17.6 Å². The van der Waals surface area contributed by atoms with Gasteiger partial charge in [-0.05, 0) is 36.4 Å². The number of thiophene rings is 1. The Hall–Kier alpha value is -1.68. The molecule has 0 aliphatic heterocycles. The first-order valence-electron chi connectivity index (χ1n) is 4.85. The van der Waals surface area contributed by atoms with E-state index >= 15 is 0 Å². The average Bonchev–Trinajstić information content (AvgIpc) is 2.82. The molecule has 0 spiro atoms. The second-order valence-corrected chi connectivity index (χ2v) is 4.59. The molecule has 4 heteroatoms. The molecular formula is C12H11NO2S. The Morgan fingerprint density at radius 3 is 2.50 bits per heavy atom. The minimum Gasteiger partial charge on any atom is -0.351 e. The van der Waals surface area contributed by atoms with Crippen molar-refractivity contribution >= 4 is 23.9 Å². The molecule has 0 unspecified atom stereocenters. The van der Waals surface area contributed by atoms with E-state index in [1.807, 2.05) is 18.4 Å². The van der Waals surface area contributed by atoms with Crippen LogP contribution in [0.2, 0.25) is 0 Å². The maximum absolute atomic E-state index is 11.0. The third-order valence-electron chi connectivity index (χ3n) is 2.55. The Kier molecular flexibility index (Phi) is 2.75. The summed E-state index contributed by atoms with van der Waals surface area (Å²) in [6.07, 6.45) is 1.54. The van der Waals surface area contributed by atoms with E-state index in [9.17, 15) is 9.59 Å². The number of carbonyl (C=O) groups is 2. The maximum atomic E-state index is 11.0. The van der Waals surface area contributed by atoms with Crippen LogP contribution in [0.3, 0.4) is 0 Å². The van der Waals surface area contributed by atoms with Gasteiger partial charge in [0, 0.05) is 5.56 Å². The topological polar surface area (TPSA) is 49.9 Å². The molecule has 0 amide bonds. The third-order valence-corrected chi connectivity index (χ3v) is 3.62. The van der Waals surface area contributed by atoms with Crippen molar-refractivity contribution in [2.75, 3.05) is 0 Å². The van der Waals surface area contributed by atoms with Gasteiger partial charge in [0.1, 0.15) is 0 Å². The Labute approximate surface area is 97.1 Å². The molecule has 2 heterocycles. The van der Waals surface area contributed by atoms with E-state index in [1.54, 1.807) is 18.3 Å². The number of hydrogen-bond donors (Lipinski definition) is 1. The van der Waals surface area contributed by atoms with Gasteiger partial charge in [-0.2, -0.15) is 0 Å². The molecule has 2 aromatic rings. The Bertz CT molecular complexity index is 551. The van der Waals surface area contributed by atoms with Gasteiger partial charge in [-0.15, -0.1) is 11.3 Å². The van der Waals surface area contributed by atoms with Crippen molar-refractivity contribution in [3.05, 3.63) is 33.8 Å². The highest BCUT2D eigenvalue weighted by Gasteiger charge is 2.15. The minimum atomic E-state index is 0.475. The van der Waals surface area contributed by atoms with Crippen molar-refractivity contribution in [2.24, 2.45) is 0 Å². The lowest BCUT2D eigenvalue weighted by Crippen LogP contribution is -1.84. The third kappa shape index (κ3) is 1.61. The van der Waals surface area contributed by atoms with Crippen LogP contribution in [0.15, 0.2) is 11.4 Å². The van der Waals surface area contributed by atoms with E-state index in [2.05, 4.69) is 4.98 Å². The summed E-state index contributed by atoms with van der Waals surface area (Å²) in [6, 6.07) is 2.00. The summed E-state index contributed by atoms with van der Waals surface area (Å²) in [5.41, 5.74) is 3.66. The highest BCUT2D eigenvalue weighted by atomic mass is 32.1. The number of aromatic amines is 1. The van der Waals surface area contributed by atoms with Crippen molar-refractivity contribution in [1.82, 2.24) is 4.98 Å². The molecule has 16 heavy (non-hydrogen) atoms. The van der Waals surface area contributed by atoms with Gasteiger partial charge in [0.25, 0.3) is 0 Å². The maximum Gasteiger partial charge on any atom is 0.166 e. The second-order valence-electron chi connectivity index (χ2n) is 3.68. The van der Waals surface area contributed by atoms with E-state index in [-0.39, 0.29) is 0 Å². The van der Waals surface area contributed by atoms with Gasteiger partial charge in [0.05, 0.1) is 16.3 Å². The van der Waals surface area contributed by atoms with Crippen molar-refractivity contribution in [2.45, 2.75) is 13.8 Å². The number of aldehydes is 2. The van der Waals surface area contributed by atoms with Crippen LogP contribution in [-0.2, 0) is 0 Å². The Morgan fingerprint density at radius 1 is 1.25 bits per heavy atom. The zero-order valence-electron chi connectivity index (χ0n) is 9.03. The molecule has 0 bridgehead atoms. The predicted molar refractivity (Wildman–Crippen MR) is 64.4 cm³/mol. The monoisotopic (exact) mass is 233 g/mol. The normalized spacial score (nSPS) is 10.4. The summed E-state index contributed by atoms with van der Waals surface area (Å²) < 4.78 is 0. The van der Waals surface area contributed by atoms with Crippen LogP contribution < -0.4 is 0 Å². The van der Waals surface area contributed by atoms with Gasteiger partial charge >= 0.3 is 0 Å². The number of H-pyrrole nitrogens is 1. The SMILES string of the molecule is Cc1csc(-c2[nH]c(C=O)c(C)c2C=O)c1. The lowest BCUT2D eigenvalue weighted by molar-refractivity contribution is 0.111. The van der Waals surface area contributed by atoms with Gasteiger partial charge in [-0.1, -0.05) is 0 Å². The molecular weight excluding hydrogens is 222 g/mol. The van der Waals surface area contributed by atoms with Gasteiger partial charge in [0.2, 0.25) is 0 Å². The van der Waals surface area contributed by atoms with E-state index < -0.39 is 0 Å². The fourth-order valence-electron chi connectivity index (χ4n) is 1.65. The van der Waals surface area contributed by atoms with E-state index in [1.165, 1.54) is 0 Å². The quantitative estimate of drug-likeness (QED) is 0.828. The summed E-state index contributed by atoms with van der Waals surface area (Å²) in [6.45, 7) is 3.77. The molecule has 3 nitrogen and oxygen atoms in total. The van der Waals surface area contributed by atoms with Crippen LogP contribution >= 0.6 is 11.3 Å². The fraction of sp³-hybridized carbons (Fsp3) is 0.167. The zero-order valence-corrected chi connectivity index (χ0v) is 9.85. The first-order valence-corrected chi connectivity index (χ1v) is 5.73. The van der Waals surface area contributed by atoms with Crippen LogP contribution in [0.4, 0.5) is 0 Å². The molecule has 0 aromatic carbocycles. The molecule has 2 aromatic heterocycles. The number of hydrogen-bond acceptors (Lipinski definition) is 3. The largest absolute Gasteiger partial charge is 0.351 e. The van der Waals surface area contributed by atoms with Crippen LogP contribution in [0.5, 0.6) is 0 Å². The number of nitrogens with one attached hydrogen (secondary N) is 1. The molecule has 0 saturated carbocycles. The highest BCUT2D eigenvalue weighted by Crippen LogP contribution is 2.30. The van der Waals surface area contributed by atoms with Crippen molar-refractivity contribution < 1.29 is 9.59 Å². The van der Waals surface area contributed by atoms with E-state index in [0.717, 1.165) is 28.7 Å². The molecule has 2 rings (SSSR count). The summed E-state index contributed by atoms with van der Waals surface area (Å²) in [5.74, 6) is 0. The summed E-state index contributed by atoms with van der Waals surface area (Å²) in [5, 5.41) is 2.01. The van der Waals surface area contributed by atoms with Crippen LogP contribution in [0, 0.1) is 13.8 Å². The number of rotatable bonds is 3. The number of aromatic nitrogens is 1. The zero-order chi connectivity index (χ0) is 11.7. The van der Waals surface area contributed by atoms with Crippen LogP contribution in [0.25, 0.3) is 10.6 Å². The Balaban J connectivity index is 2.64. The van der Waals surface area contributed by atoms with Crippen molar-refractivity contribution in [3.8, 4) is 10.6 Å². The van der Waals surface area contributed by atoms with E-state index in [0.29, 0.717) is 16.8 Å².